The van der Waals surface area contributed by atoms with Gasteiger partial charge in [-0.15, -0.1) is 0 Å². The molecule has 4 heteroatoms. The summed E-state index contributed by atoms with van der Waals surface area (Å²) in [5.74, 6) is -0.00435. The molecule has 0 saturated carbocycles. The number of H-pyrrole nitrogens is 1. The van der Waals surface area contributed by atoms with Crippen molar-refractivity contribution in [2.45, 2.75) is 53.0 Å². The Morgan fingerprint density at radius 1 is 1.35 bits per heavy atom. The third-order valence-electron chi connectivity index (χ3n) is 4.08. The van der Waals surface area contributed by atoms with Crippen molar-refractivity contribution in [1.29, 1.82) is 0 Å². The maximum atomic E-state index is 12.2. The molecule has 0 saturated heterocycles. The van der Waals surface area contributed by atoms with Crippen molar-refractivity contribution in [1.82, 2.24) is 10.3 Å². The number of carbonyl (C=O) groups excluding carboxylic acids is 1. The van der Waals surface area contributed by atoms with E-state index < -0.39 is 0 Å². The van der Waals surface area contributed by atoms with Gasteiger partial charge in [0.25, 0.3) is 0 Å². The molecule has 0 aliphatic heterocycles. The van der Waals surface area contributed by atoms with Gasteiger partial charge in [-0.2, -0.15) is 0 Å². The van der Waals surface area contributed by atoms with E-state index in [4.69, 9.17) is 0 Å². The number of aromatic nitrogens is 1. The lowest BCUT2D eigenvalue weighted by Crippen LogP contribution is -2.40. The van der Waals surface area contributed by atoms with Gasteiger partial charge >= 0.3 is 0 Å². The lowest BCUT2D eigenvalue weighted by atomic mass is 9.88. The number of aryl methyl sites for hydroxylation is 2. The van der Waals surface area contributed by atoms with Crippen molar-refractivity contribution >= 4 is 16.8 Å². The van der Waals surface area contributed by atoms with Gasteiger partial charge in [0.15, 0.2) is 0 Å². The van der Waals surface area contributed by atoms with Crippen LogP contribution >= 0.6 is 0 Å². The average molecular weight is 316 g/mol. The van der Waals surface area contributed by atoms with Crippen LogP contribution in [0.2, 0.25) is 0 Å². The Balaban J connectivity index is 1.94. The first kappa shape index (κ1) is 17.5. The van der Waals surface area contributed by atoms with Crippen LogP contribution in [0.25, 0.3) is 10.9 Å². The second-order valence-electron chi connectivity index (χ2n) is 7.52. The maximum absolute atomic E-state index is 12.2. The molecule has 0 aliphatic rings. The number of nitrogens with one attached hydrogen (secondary N) is 2. The van der Waals surface area contributed by atoms with E-state index in [-0.39, 0.29) is 24.0 Å². The molecule has 0 fully saturated rings. The van der Waals surface area contributed by atoms with Gasteiger partial charge in [0, 0.05) is 23.5 Å². The number of hydrogen-bond acceptors (Lipinski definition) is 2. The molecule has 126 valence electrons. The average Bonchev–Trinajstić information content (AvgIpc) is 2.87. The van der Waals surface area contributed by atoms with Crippen LogP contribution in [0.4, 0.5) is 0 Å². The molecule has 0 bridgehead atoms. The quantitative estimate of drug-likeness (QED) is 0.765. The summed E-state index contributed by atoms with van der Waals surface area (Å²) in [6, 6.07) is 6.03. The normalized spacial score (nSPS) is 13.3. The van der Waals surface area contributed by atoms with Gasteiger partial charge in [0.2, 0.25) is 5.91 Å². The Morgan fingerprint density at radius 2 is 2.09 bits per heavy atom. The molecule has 1 aromatic heterocycles. The van der Waals surface area contributed by atoms with Gasteiger partial charge in [-0.3, -0.25) is 4.79 Å². The second-order valence-corrected chi connectivity index (χ2v) is 7.52. The number of amides is 1. The van der Waals surface area contributed by atoms with E-state index >= 15 is 0 Å². The molecule has 23 heavy (non-hydrogen) atoms. The van der Waals surface area contributed by atoms with Crippen molar-refractivity contribution in [2.24, 2.45) is 5.41 Å². The summed E-state index contributed by atoms with van der Waals surface area (Å²) in [6.07, 6.45) is 3.88. The molecule has 0 aliphatic carbocycles. The van der Waals surface area contributed by atoms with E-state index in [1.807, 2.05) is 12.3 Å². The van der Waals surface area contributed by atoms with Crippen molar-refractivity contribution in [3.05, 3.63) is 35.5 Å². The molecule has 1 atom stereocenters. The highest BCUT2D eigenvalue weighted by atomic mass is 16.3. The highest BCUT2D eigenvalue weighted by Crippen LogP contribution is 2.23. The number of aromatic amines is 1. The first-order valence-corrected chi connectivity index (χ1v) is 8.26. The minimum absolute atomic E-state index is 0.00435. The van der Waals surface area contributed by atoms with Crippen LogP contribution in [0.3, 0.4) is 0 Å². The minimum Gasteiger partial charge on any atom is -0.394 e. The molecule has 3 N–H and O–H groups in total. The van der Waals surface area contributed by atoms with Crippen LogP contribution in [0.1, 0.15) is 44.7 Å². The predicted molar refractivity (Wildman–Crippen MR) is 94.4 cm³/mol. The van der Waals surface area contributed by atoms with E-state index in [0.29, 0.717) is 12.8 Å². The van der Waals surface area contributed by atoms with Gasteiger partial charge in [0.05, 0.1) is 12.6 Å². The first-order chi connectivity index (χ1) is 10.8. The monoisotopic (exact) mass is 316 g/mol. The van der Waals surface area contributed by atoms with E-state index in [2.05, 4.69) is 50.1 Å². The molecule has 1 heterocycles. The Bertz CT molecular complexity index is 668. The maximum Gasteiger partial charge on any atom is 0.220 e. The van der Waals surface area contributed by atoms with Crippen LogP contribution in [0.5, 0.6) is 0 Å². The topological polar surface area (TPSA) is 65.1 Å². The summed E-state index contributed by atoms with van der Waals surface area (Å²) in [7, 11) is 0. The largest absolute Gasteiger partial charge is 0.394 e. The molecule has 1 aromatic carbocycles. The van der Waals surface area contributed by atoms with E-state index in [1.54, 1.807) is 0 Å². The zero-order valence-electron chi connectivity index (χ0n) is 14.6. The van der Waals surface area contributed by atoms with Crippen molar-refractivity contribution in [3.63, 3.8) is 0 Å². The van der Waals surface area contributed by atoms with Gasteiger partial charge in [0.1, 0.15) is 0 Å². The van der Waals surface area contributed by atoms with E-state index in [0.717, 1.165) is 17.5 Å². The first-order valence-electron chi connectivity index (χ1n) is 8.26. The van der Waals surface area contributed by atoms with Crippen LogP contribution in [-0.2, 0) is 11.2 Å². The standard InChI is InChI=1S/C19H28N2O2/c1-13-6-5-7-16-14(11-20-18(13)16)8-9-17(23)21-15(12-22)10-19(2,3)4/h5-7,11,15,20,22H,8-10,12H2,1-4H3,(H,21,23). The number of hydrogen-bond donors (Lipinski definition) is 3. The molecule has 1 amide bonds. The lowest BCUT2D eigenvalue weighted by Gasteiger charge is -2.25. The van der Waals surface area contributed by atoms with Crippen LogP contribution in [0, 0.1) is 12.3 Å². The summed E-state index contributed by atoms with van der Waals surface area (Å²) in [5, 5.41) is 13.6. The fraction of sp³-hybridized carbons (Fsp3) is 0.526. The highest BCUT2D eigenvalue weighted by Gasteiger charge is 2.19. The minimum atomic E-state index is -0.173. The lowest BCUT2D eigenvalue weighted by molar-refractivity contribution is -0.122. The summed E-state index contributed by atoms with van der Waals surface area (Å²) >= 11 is 0. The molecule has 0 radical (unpaired) electrons. The number of rotatable bonds is 6. The number of fused-ring (bicyclic) bond motifs is 1. The summed E-state index contributed by atoms with van der Waals surface area (Å²) in [4.78, 5) is 15.5. The third kappa shape index (κ3) is 4.83. The van der Waals surface area contributed by atoms with Gasteiger partial charge in [-0.05, 0) is 36.3 Å². The number of benzene rings is 1. The Kier molecular flexibility index (Phi) is 5.47. The molecule has 4 nitrogen and oxygen atoms in total. The van der Waals surface area contributed by atoms with Crippen LogP contribution in [-0.4, -0.2) is 28.6 Å². The van der Waals surface area contributed by atoms with E-state index in [1.165, 1.54) is 10.9 Å². The zero-order chi connectivity index (χ0) is 17.0. The Hall–Kier alpha value is -1.81. The third-order valence-corrected chi connectivity index (χ3v) is 4.08. The molecule has 2 rings (SSSR count). The van der Waals surface area contributed by atoms with Crippen molar-refractivity contribution in [3.8, 4) is 0 Å². The summed E-state index contributed by atoms with van der Waals surface area (Å²) in [6.45, 7) is 8.38. The molecule has 1 unspecified atom stereocenters. The van der Waals surface area contributed by atoms with Gasteiger partial charge in [-0.1, -0.05) is 39.0 Å². The van der Waals surface area contributed by atoms with Crippen molar-refractivity contribution < 1.29 is 9.90 Å². The zero-order valence-corrected chi connectivity index (χ0v) is 14.6. The SMILES string of the molecule is Cc1cccc2c(CCC(=O)NC(CO)CC(C)(C)C)c[nH]c12. The Labute approximate surface area is 138 Å². The number of aliphatic hydroxyl groups excluding tert-OH is 1. The molecule has 2 aromatic rings. The predicted octanol–water partition coefficient (Wildman–Crippen LogP) is 3.32. The van der Waals surface area contributed by atoms with Gasteiger partial charge in [-0.25, -0.2) is 0 Å². The number of carbonyl (C=O) groups is 1. The molecular formula is C19H28N2O2. The smallest absolute Gasteiger partial charge is 0.220 e. The molecule has 0 spiro atoms. The van der Waals surface area contributed by atoms with E-state index in [9.17, 15) is 9.90 Å². The second kappa shape index (κ2) is 7.18. The number of aliphatic hydroxyl groups is 1. The van der Waals surface area contributed by atoms with Crippen molar-refractivity contribution in [2.75, 3.05) is 6.61 Å². The van der Waals surface area contributed by atoms with Crippen LogP contribution in [0.15, 0.2) is 24.4 Å². The van der Waals surface area contributed by atoms with Gasteiger partial charge < -0.3 is 15.4 Å². The number of para-hydroxylation sites is 1. The Morgan fingerprint density at radius 3 is 2.74 bits per heavy atom. The summed E-state index contributed by atoms with van der Waals surface area (Å²) in [5.41, 5.74) is 3.59. The summed E-state index contributed by atoms with van der Waals surface area (Å²) < 4.78 is 0. The fourth-order valence-corrected chi connectivity index (χ4v) is 3.02. The molecular weight excluding hydrogens is 288 g/mol. The highest BCUT2D eigenvalue weighted by molar-refractivity contribution is 5.86. The fourth-order valence-electron chi connectivity index (χ4n) is 3.02. The van der Waals surface area contributed by atoms with Crippen LogP contribution < -0.4 is 5.32 Å².